The van der Waals surface area contributed by atoms with Gasteiger partial charge in [0.25, 0.3) is 0 Å². The summed E-state index contributed by atoms with van der Waals surface area (Å²) in [5.74, 6) is 3.95. The van der Waals surface area contributed by atoms with Crippen molar-refractivity contribution in [2.75, 3.05) is 27.3 Å². The first-order valence-electron chi connectivity index (χ1n) is 25.9. The summed E-state index contributed by atoms with van der Waals surface area (Å²) >= 11 is 0. The Balaban J connectivity index is 0.907. The van der Waals surface area contributed by atoms with Crippen LogP contribution < -0.4 is 10.6 Å². The summed E-state index contributed by atoms with van der Waals surface area (Å²) in [5, 5.41) is 5.55. The maximum atomic E-state index is 14.1. The van der Waals surface area contributed by atoms with E-state index in [1.54, 1.807) is 0 Å². The molecule has 4 aliphatic carbocycles. The van der Waals surface area contributed by atoms with Crippen LogP contribution in [0, 0.1) is 29.6 Å². The number of hydrogen-bond acceptors (Lipinski definition) is 8. The number of carbonyl (C=O) groups excluding carboxylic acids is 4. The average Bonchev–Trinajstić information content (AvgIpc) is 4.22. The Morgan fingerprint density at radius 3 is 1.83 bits per heavy atom. The van der Waals surface area contributed by atoms with Gasteiger partial charge in [-0.15, -0.1) is 0 Å². The number of nitrogens with one attached hydrogen (secondary N) is 4. The van der Waals surface area contributed by atoms with E-state index in [2.05, 4.69) is 76.9 Å². The minimum Gasteiger partial charge on any atom is -0.453 e. The zero-order valence-electron chi connectivity index (χ0n) is 41.9. The van der Waals surface area contributed by atoms with Gasteiger partial charge in [-0.2, -0.15) is 0 Å². The molecule has 0 radical (unpaired) electrons. The van der Waals surface area contributed by atoms with Gasteiger partial charge in [0.05, 0.1) is 49.2 Å². The molecule has 4 amide bonds. The molecule has 5 aromatic rings. The standard InChI is InChI=1S/C56H68N8O6/c1-27(2)49(61-55(67)69-7)53(65)63-25-29(5)19-44(63)51-57-24-43(60-51)37-15-17-39(48-36-13-11-31(36)22-40(37)48)38-16-14-35(46-33-9-10-34(21-33)47(38)46)32-12-18-41-42(23-32)59-52(58-41)45-20-30(6)26-64(45)54(66)50(28(3)4)62-56(68)70-8/h12,14-18,23-24,27-31,33-34,36,44-45,49-50H,9-11,13,19-22,25-26H2,1-8H3,(H,57,60)(H,58,59)(H,61,67)(H,62,68). The second-order valence-electron chi connectivity index (χ2n) is 22.3. The van der Waals surface area contributed by atoms with Crippen LogP contribution in [0.25, 0.3) is 44.5 Å². The molecule has 6 aliphatic rings. The topological polar surface area (TPSA) is 175 Å². The van der Waals surface area contributed by atoms with E-state index in [4.69, 9.17) is 19.4 Å². The van der Waals surface area contributed by atoms with Crippen molar-refractivity contribution in [3.63, 3.8) is 0 Å². The van der Waals surface area contributed by atoms with Crippen LogP contribution in [-0.2, 0) is 25.5 Å². The molecule has 4 N–H and O–H groups in total. The van der Waals surface area contributed by atoms with Gasteiger partial charge in [-0.05, 0) is 155 Å². The van der Waals surface area contributed by atoms with Gasteiger partial charge in [-0.1, -0.05) is 71.9 Å². The fourth-order valence-corrected chi connectivity index (χ4v) is 13.6. The summed E-state index contributed by atoms with van der Waals surface area (Å²) in [6.45, 7) is 13.3. The molecule has 14 heteroatoms. The molecule has 3 aromatic carbocycles. The minimum absolute atomic E-state index is 0.109. The molecule has 70 heavy (non-hydrogen) atoms. The Hall–Kier alpha value is -6.18. The van der Waals surface area contributed by atoms with Gasteiger partial charge in [-0.25, -0.2) is 19.6 Å². The number of hydrogen-bond donors (Lipinski definition) is 4. The van der Waals surface area contributed by atoms with Crippen molar-refractivity contribution in [1.82, 2.24) is 40.4 Å². The van der Waals surface area contributed by atoms with Crippen molar-refractivity contribution < 1.29 is 28.7 Å². The van der Waals surface area contributed by atoms with Gasteiger partial charge >= 0.3 is 12.2 Å². The number of methoxy groups -OCH3 is 2. The number of nitrogens with zero attached hydrogens (tertiary/aromatic N) is 4. The number of rotatable bonds is 11. The van der Waals surface area contributed by atoms with Crippen LogP contribution in [0.1, 0.15) is 150 Å². The van der Waals surface area contributed by atoms with Gasteiger partial charge in [-0.3, -0.25) is 9.59 Å². The number of likely N-dealkylation sites (tertiary alicyclic amines) is 2. The third-order valence-corrected chi connectivity index (χ3v) is 17.1. The second-order valence-corrected chi connectivity index (χ2v) is 22.3. The lowest BCUT2D eigenvalue weighted by molar-refractivity contribution is -0.136. The maximum absolute atomic E-state index is 14.1. The molecule has 4 fully saturated rings. The maximum Gasteiger partial charge on any atom is 0.407 e. The number of benzene rings is 3. The van der Waals surface area contributed by atoms with Gasteiger partial charge < -0.3 is 39.9 Å². The van der Waals surface area contributed by atoms with Crippen LogP contribution in [0.5, 0.6) is 0 Å². The fraction of sp³-hybridized carbons (Fsp3) is 0.536. The molecule has 10 atom stereocenters. The average molecular weight is 949 g/mol. The molecule has 11 rings (SSSR count). The number of alkyl carbamates (subject to hydrolysis) is 2. The first kappa shape index (κ1) is 46.2. The summed E-state index contributed by atoms with van der Waals surface area (Å²) in [6, 6.07) is 14.3. The molecule has 2 aromatic heterocycles. The smallest absolute Gasteiger partial charge is 0.407 e. The number of imidazole rings is 2. The largest absolute Gasteiger partial charge is 0.453 e. The van der Waals surface area contributed by atoms with E-state index in [0.29, 0.717) is 36.8 Å². The molecule has 2 saturated heterocycles. The lowest BCUT2D eigenvalue weighted by Gasteiger charge is -2.32. The third-order valence-electron chi connectivity index (χ3n) is 17.1. The van der Waals surface area contributed by atoms with Gasteiger partial charge in [0.2, 0.25) is 11.8 Å². The van der Waals surface area contributed by atoms with E-state index >= 15 is 0 Å². The summed E-state index contributed by atoms with van der Waals surface area (Å²) < 4.78 is 9.74. The number of fused-ring (bicyclic) bond motifs is 9. The predicted octanol–water partition coefficient (Wildman–Crippen LogP) is 10.3. The van der Waals surface area contributed by atoms with Crippen molar-refractivity contribution in [3.05, 3.63) is 82.6 Å². The molecule has 14 nitrogen and oxygen atoms in total. The number of carbonyl (C=O) groups is 4. The normalized spacial score (nSPS) is 26.0. The second kappa shape index (κ2) is 17.9. The van der Waals surface area contributed by atoms with Crippen LogP contribution in [0.15, 0.2) is 48.7 Å². The van der Waals surface area contributed by atoms with Gasteiger partial charge in [0.15, 0.2) is 0 Å². The van der Waals surface area contributed by atoms with Gasteiger partial charge in [0, 0.05) is 18.7 Å². The van der Waals surface area contributed by atoms with E-state index in [1.165, 1.54) is 96.4 Å². The number of aromatic amines is 2. The highest BCUT2D eigenvalue weighted by Crippen LogP contribution is 2.61. The Labute approximate surface area is 410 Å². The summed E-state index contributed by atoms with van der Waals surface area (Å²) in [6.07, 6.45) is 9.47. The van der Waals surface area contributed by atoms with Crippen LogP contribution in [0.3, 0.4) is 0 Å². The lowest BCUT2D eigenvalue weighted by atomic mass is 9.72. The predicted molar refractivity (Wildman–Crippen MR) is 268 cm³/mol. The highest BCUT2D eigenvalue weighted by molar-refractivity contribution is 5.90. The Morgan fingerprint density at radius 1 is 0.671 bits per heavy atom. The first-order chi connectivity index (χ1) is 33.7. The molecular weight excluding hydrogens is 881 g/mol. The molecule has 4 heterocycles. The van der Waals surface area contributed by atoms with Crippen LogP contribution >= 0.6 is 0 Å². The number of amides is 4. The van der Waals surface area contributed by atoms with Crippen LogP contribution in [0.2, 0.25) is 0 Å². The zero-order valence-corrected chi connectivity index (χ0v) is 41.9. The molecule has 2 saturated carbocycles. The molecular formula is C56H68N8O6. The molecule has 10 unspecified atom stereocenters. The quantitative estimate of drug-likeness (QED) is 0.101. The first-order valence-corrected chi connectivity index (χ1v) is 25.9. The van der Waals surface area contributed by atoms with Crippen molar-refractivity contribution in [3.8, 4) is 33.5 Å². The highest BCUT2D eigenvalue weighted by atomic mass is 16.5. The van der Waals surface area contributed by atoms with E-state index in [1.807, 2.05) is 43.7 Å². The molecule has 0 spiro atoms. The van der Waals surface area contributed by atoms with Crippen LogP contribution in [0.4, 0.5) is 9.59 Å². The van der Waals surface area contributed by atoms with Gasteiger partial charge in [0.1, 0.15) is 23.7 Å². The molecule has 2 bridgehead atoms. The van der Waals surface area contributed by atoms with E-state index in [-0.39, 0.29) is 47.6 Å². The van der Waals surface area contributed by atoms with Crippen molar-refractivity contribution in [2.24, 2.45) is 29.6 Å². The minimum atomic E-state index is -0.698. The third kappa shape index (κ3) is 7.75. The van der Waals surface area contributed by atoms with E-state index in [9.17, 15) is 19.2 Å². The molecule has 368 valence electrons. The van der Waals surface area contributed by atoms with Crippen LogP contribution in [-0.4, -0.2) is 93.1 Å². The number of aromatic nitrogens is 4. The van der Waals surface area contributed by atoms with Crippen molar-refractivity contribution in [2.45, 2.75) is 135 Å². The lowest BCUT2D eigenvalue weighted by Crippen LogP contribution is -2.51. The van der Waals surface area contributed by atoms with Crippen molar-refractivity contribution in [1.29, 1.82) is 0 Å². The summed E-state index contributed by atoms with van der Waals surface area (Å²) in [7, 11) is 2.64. The number of ether oxygens (including phenoxy) is 2. The van der Waals surface area contributed by atoms with Crippen molar-refractivity contribution >= 4 is 35.0 Å². The fourth-order valence-electron chi connectivity index (χ4n) is 13.6. The number of H-pyrrole nitrogens is 2. The summed E-state index contributed by atoms with van der Waals surface area (Å²) in [5.41, 5.74) is 15.3. The monoisotopic (exact) mass is 949 g/mol. The zero-order chi connectivity index (χ0) is 48.9. The van der Waals surface area contributed by atoms with E-state index in [0.717, 1.165) is 47.6 Å². The Bertz CT molecular complexity index is 2900. The Morgan fingerprint density at radius 2 is 1.24 bits per heavy atom. The highest BCUT2D eigenvalue weighted by Gasteiger charge is 2.46. The SMILES string of the molecule is COC(=O)NC(C(=O)N1CC(C)CC1c1ncc(-c2ccc(-c3ccc(-c4ccc5nc(C6CC(C)CN6C(=O)C(NC(=O)OC)C(C)C)[nH]c5c4)c4c3C3CCC4C3)c3c2CC2CCC32)[nH]1)C(C)C. The summed E-state index contributed by atoms with van der Waals surface area (Å²) in [4.78, 5) is 73.8. The molecule has 2 aliphatic heterocycles. The van der Waals surface area contributed by atoms with E-state index < -0.39 is 24.3 Å². The Kier molecular flexibility index (Phi) is 11.8.